The van der Waals surface area contributed by atoms with Gasteiger partial charge in [-0.15, -0.1) is 0 Å². The molecule has 0 amide bonds. The highest BCUT2D eigenvalue weighted by molar-refractivity contribution is 5.84. The second kappa shape index (κ2) is 10.5. The highest BCUT2D eigenvalue weighted by atomic mass is 16.3. The van der Waals surface area contributed by atoms with Gasteiger partial charge < -0.3 is 25.4 Å². The summed E-state index contributed by atoms with van der Waals surface area (Å²) in [5, 5.41) is 27.0. The molecular formula is C27H33N7O2. The topological polar surface area (TPSA) is 121 Å². The predicted octanol–water partition coefficient (Wildman–Crippen LogP) is 4.89. The van der Waals surface area contributed by atoms with Gasteiger partial charge in [-0.3, -0.25) is 4.98 Å². The molecule has 1 unspecified atom stereocenters. The molecule has 9 nitrogen and oxygen atoms in total. The Balaban J connectivity index is 1.42. The Bertz CT molecular complexity index is 1310. The van der Waals surface area contributed by atoms with E-state index in [1.807, 2.05) is 37.5 Å². The minimum atomic E-state index is -0.529. The molecular weight excluding hydrogens is 454 g/mol. The maximum absolute atomic E-state index is 10.1. The molecule has 4 aromatic rings. The normalized spacial score (nSPS) is 15.8. The van der Waals surface area contributed by atoms with Crippen LogP contribution in [0.3, 0.4) is 0 Å². The number of fused-ring (bicyclic) bond motifs is 1. The van der Waals surface area contributed by atoms with Crippen molar-refractivity contribution in [2.75, 3.05) is 10.6 Å². The van der Waals surface area contributed by atoms with Crippen LogP contribution in [0.4, 0.5) is 11.8 Å². The molecule has 188 valence electrons. The molecule has 2 atom stereocenters. The van der Waals surface area contributed by atoms with E-state index < -0.39 is 6.10 Å². The molecule has 3 aromatic heterocycles. The summed E-state index contributed by atoms with van der Waals surface area (Å²) in [6.45, 7) is 4.30. The lowest BCUT2D eigenvalue weighted by Crippen LogP contribution is -2.31. The van der Waals surface area contributed by atoms with E-state index in [9.17, 15) is 10.2 Å². The average molecular weight is 488 g/mol. The van der Waals surface area contributed by atoms with Gasteiger partial charge in [-0.05, 0) is 49.9 Å². The van der Waals surface area contributed by atoms with Crippen molar-refractivity contribution in [2.45, 2.75) is 70.7 Å². The van der Waals surface area contributed by atoms with Gasteiger partial charge in [0.15, 0.2) is 17.0 Å². The van der Waals surface area contributed by atoms with Crippen LogP contribution in [0.5, 0.6) is 5.75 Å². The first-order valence-corrected chi connectivity index (χ1v) is 12.7. The number of nitrogens with zero attached hydrogens (tertiary/aromatic N) is 5. The molecule has 1 aromatic carbocycles. The lowest BCUT2D eigenvalue weighted by Gasteiger charge is -2.20. The molecule has 1 aliphatic carbocycles. The van der Waals surface area contributed by atoms with E-state index in [4.69, 9.17) is 9.97 Å². The summed E-state index contributed by atoms with van der Waals surface area (Å²) in [4.78, 5) is 18.7. The van der Waals surface area contributed by atoms with Gasteiger partial charge in [0.2, 0.25) is 5.95 Å². The van der Waals surface area contributed by atoms with Gasteiger partial charge in [0.25, 0.3) is 0 Å². The number of hydrogen-bond acceptors (Lipinski definition) is 8. The van der Waals surface area contributed by atoms with Crippen molar-refractivity contribution in [2.24, 2.45) is 0 Å². The molecule has 4 N–H and O–H groups in total. The Morgan fingerprint density at radius 3 is 2.58 bits per heavy atom. The van der Waals surface area contributed by atoms with Gasteiger partial charge in [-0.2, -0.15) is 9.97 Å². The minimum absolute atomic E-state index is 0.149. The van der Waals surface area contributed by atoms with Gasteiger partial charge in [0, 0.05) is 24.3 Å². The third-order valence-electron chi connectivity index (χ3n) is 6.94. The third kappa shape index (κ3) is 4.97. The molecule has 3 heterocycles. The van der Waals surface area contributed by atoms with Crippen LogP contribution >= 0.6 is 0 Å². The van der Waals surface area contributed by atoms with E-state index in [0.29, 0.717) is 35.6 Å². The Morgan fingerprint density at radius 2 is 1.89 bits per heavy atom. The van der Waals surface area contributed by atoms with Crippen molar-refractivity contribution < 1.29 is 10.2 Å². The Labute approximate surface area is 210 Å². The number of imidazole rings is 1. The van der Waals surface area contributed by atoms with E-state index in [-0.39, 0.29) is 11.8 Å². The first-order chi connectivity index (χ1) is 17.5. The standard InChI is InChI=1S/C27H33N7O2/c1-3-21(17(2)35)31-27-32-25(24-26(33-27)34(16-30-24)19-8-4-5-9-19)29-15-18-12-13-22(28-14-18)20-10-6-7-11-23(20)36/h6-7,10-14,16-17,19,21,35-36H,3-5,8-9,15H2,1-2H3,(H2,29,31,32,33)/t17-,21?/m1/s1. The zero-order chi connectivity index (χ0) is 25.1. The molecule has 0 bridgehead atoms. The largest absolute Gasteiger partial charge is 0.507 e. The number of anilines is 2. The zero-order valence-corrected chi connectivity index (χ0v) is 20.7. The fourth-order valence-corrected chi connectivity index (χ4v) is 4.85. The van der Waals surface area contributed by atoms with Crippen molar-refractivity contribution >= 4 is 22.9 Å². The number of aliphatic hydroxyl groups excluding tert-OH is 1. The number of phenolic OH excluding ortho intramolecular Hbond substituents is 1. The lowest BCUT2D eigenvalue weighted by molar-refractivity contribution is 0.169. The Hall–Kier alpha value is -3.72. The fourth-order valence-electron chi connectivity index (χ4n) is 4.85. The number of nitrogens with one attached hydrogen (secondary N) is 2. The quantitative estimate of drug-likeness (QED) is 0.263. The lowest BCUT2D eigenvalue weighted by atomic mass is 10.1. The van der Waals surface area contributed by atoms with Crippen molar-refractivity contribution in [1.29, 1.82) is 0 Å². The summed E-state index contributed by atoms with van der Waals surface area (Å²) < 4.78 is 2.17. The monoisotopic (exact) mass is 487 g/mol. The van der Waals surface area contributed by atoms with Crippen LogP contribution in [-0.2, 0) is 6.54 Å². The van der Waals surface area contributed by atoms with Crippen molar-refractivity contribution in [3.8, 4) is 17.0 Å². The van der Waals surface area contributed by atoms with Crippen LogP contribution in [0.2, 0.25) is 0 Å². The number of rotatable bonds is 9. The maximum Gasteiger partial charge on any atom is 0.227 e. The smallest absolute Gasteiger partial charge is 0.227 e. The van der Waals surface area contributed by atoms with E-state index in [1.54, 1.807) is 25.3 Å². The van der Waals surface area contributed by atoms with Gasteiger partial charge in [-0.25, -0.2) is 4.98 Å². The number of aliphatic hydroxyl groups is 1. The van der Waals surface area contributed by atoms with E-state index in [0.717, 1.165) is 36.0 Å². The SMILES string of the molecule is CCC(Nc1nc(NCc2ccc(-c3ccccc3O)nc2)c2ncn(C3CCCC3)c2n1)[C@@H](C)O. The summed E-state index contributed by atoms with van der Waals surface area (Å²) in [6.07, 6.45) is 8.58. The van der Waals surface area contributed by atoms with E-state index >= 15 is 0 Å². The molecule has 1 aliphatic rings. The van der Waals surface area contributed by atoms with Crippen molar-refractivity contribution in [3.05, 3.63) is 54.5 Å². The number of aromatic nitrogens is 5. The number of para-hydroxylation sites is 1. The molecule has 1 fully saturated rings. The highest BCUT2D eigenvalue weighted by Gasteiger charge is 2.23. The predicted molar refractivity (Wildman–Crippen MR) is 141 cm³/mol. The number of aromatic hydroxyl groups is 1. The second-order valence-corrected chi connectivity index (χ2v) is 9.48. The van der Waals surface area contributed by atoms with Crippen LogP contribution in [0.25, 0.3) is 22.4 Å². The summed E-state index contributed by atoms with van der Waals surface area (Å²) >= 11 is 0. The molecule has 9 heteroatoms. The zero-order valence-electron chi connectivity index (χ0n) is 20.7. The average Bonchev–Trinajstić information content (AvgIpc) is 3.56. The fraction of sp³-hybridized carbons (Fsp3) is 0.407. The molecule has 0 saturated heterocycles. The number of pyridine rings is 1. The highest BCUT2D eigenvalue weighted by Crippen LogP contribution is 2.33. The molecule has 0 aliphatic heterocycles. The Kier molecular flexibility index (Phi) is 6.99. The minimum Gasteiger partial charge on any atom is -0.507 e. The summed E-state index contributed by atoms with van der Waals surface area (Å²) in [5.74, 6) is 1.33. The molecule has 0 radical (unpaired) electrons. The van der Waals surface area contributed by atoms with E-state index in [2.05, 4.69) is 25.2 Å². The van der Waals surface area contributed by atoms with E-state index in [1.165, 1.54) is 12.8 Å². The summed E-state index contributed by atoms with van der Waals surface area (Å²) in [7, 11) is 0. The first-order valence-electron chi connectivity index (χ1n) is 12.7. The van der Waals surface area contributed by atoms with Crippen LogP contribution in [0, 0.1) is 0 Å². The molecule has 5 rings (SSSR count). The van der Waals surface area contributed by atoms with Crippen molar-refractivity contribution in [3.63, 3.8) is 0 Å². The maximum atomic E-state index is 10.1. The third-order valence-corrected chi connectivity index (χ3v) is 6.94. The van der Waals surface area contributed by atoms with Gasteiger partial charge in [0.1, 0.15) is 5.75 Å². The first kappa shape index (κ1) is 24.0. The Morgan fingerprint density at radius 1 is 1.08 bits per heavy atom. The van der Waals surface area contributed by atoms with Crippen LogP contribution in [0.15, 0.2) is 48.9 Å². The van der Waals surface area contributed by atoms with Crippen LogP contribution < -0.4 is 10.6 Å². The van der Waals surface area contributed by atoms with Crippen LogP contribution in [-0.4, -0.2) is 46.9 Å². The van der Waals surface area contributed by atoms with Gasteiger partial charge >= 0.3 is 0 Å². The van der Waals surface area contributed by atoms with Gasteiger partial charge in [-0.1, -0.05) is 38.0 Å². The molecule has 0 spiro atoms. The van der Waals surface area contributed by atoms with Gasteiger partial charge in [0.05, 0.1) is 24.2 Å². The van der Waals surface area contributed by atoms with Crippen LogP contribution in [0.1, 0.15) is 57.6 Å². The van der Waals surface area contributed by atoms with Crippen molar-refractivity contribution in [1.82, 2.24) is 24.5 Å². The summed E-state index contributed by atoms with van der Waals surface area (Å²) in [6, 6.07) is 11.3. The number of hydrogen-bond donors (Lipinski definition) is 4. The second-order valence-electron chi connectivity index (χ2n) is 9.48. The molecule has 36 heavy (non-hydrogen) atoms. The molecule has 1 saturated carbocycles. The number of benzene rings is 1. The number of phenols is 1. The summed E-state index contributed by atoms with van der Waals surface area (Å²) in [5.41, 5.74) is 3.92.